The van der Waals surface area contributed by atoms with E-state index in [-0.39, 0.29) is 37.8 Å². The van der Waals surface area contributed by atoms with Crippen molar-refractivity contribution in [1.29, 1.82) is 0 Å². The third-order valence-corrected chi connectivity index (χ3v) is 5.93. The molecule has 2 fully saturated rings. The number of amides is 1. The van der Waals surface area contributed by atoms with Gasteiger partial charge in [0.15, 0.2) is 0 Å². The lowest BCUT2D eigenvalue weighted by atomic mass is 9.96. The Balaban J connectivity index is 1.42. The van der Waals surface area contributed by atoms with Crippen LogP contribution in [0.4, 0.5) is 14.6 Å². The first-order chi connectivity index (χ1) is 11.4. The zero-order valence-corrected chi connectivity index (χ0v) is 14.2. The zero-order chi connectivity index (χ0) is 16.9. The van der Waals surface area contributed by atoms with E-state index in [9.17, 15) is 13.6 Å². The standard InChI is InChI=1S/C16H18F2N4OS/c1-10-8-24-13-12(10)19-9-20-14(13)22-6-11(7-22)15(23)21-4-2-16(17,18)3-5-21/h8-9,11H,2-7H2,1H3. The van der Waals surface area contributed by atoms with E-state index in [1.165, 1.54) is 0 Å². The van der Waals surface area contributed by atoms with Crippen molar-refractivity contribution in [2.75, 3.05) is 31.1 Å². The van der Waals surface area contributed by atoms with Gasteiger partial charge in [-0.25, -0.2) is 18.7 Å². The van der Waals surface area contributed by atoms with Crippen molar-refractivity contribution in [3.05, 3.63) is 17.3 Å². The Morgan fingerprint density at radius 2 is 2.00 bits per heavy atom. The molecule has 5 nitrogen and oxygen atoms in total. The molecule has 0 radical (unpaired) electrons. The van der Waals surface area contributed by atoms with Gasteiger partial charge in [-0.15, -0.1) is 11.3 Å². The molecule has 2 aromatic heterocycles. The van der Waals surface area contributed by atoms with Crippen LogP contribution in [0.1, 0.15) is 18.4 Å². The van der Waals surface area contributed by atoms with Gasteiger partial charge in [0.2, 0.25) is 5.91 Å². The van der Waals surface area contributed by atoms with Gasteiger partial charge in [0.05, 0.1) is 16.1 Å². The number of aryl methyl sites for hydroxylation is 1. The molecule has 4 heterocycles. The number of halogens is 2. The Labute approximate surface area is 142 Å². The van der Waals surface area contributed by atoms with E-state index in [1.807, 2.05) is 6.92 Å². The Kier molecular flexibility index (Phi) is 3.67. The Hall–Kier alpha value is -1.83. The molecule has 0 spiro atoms. The third-order valence-electron chi connectivity index (χ3n) is 4.85. The second kappa shape index (κ2) is 5.61. The van der Waals surface area contributed by atoms with Crippen LogP contribution in [0.2, 0.25) is 0 Å². The molecular weight excluding hydrogens is 334 g/mol. The number of rotatable bonds is 2. The molecule has 0 bridgehead atoms. The van der Waals surface area contributed by atoms with Crippen molar-refractivity contribution in [2.45, 2.75) is 25.7 Å². The highest BCUT2D eigenvalue weighted by Gasteiger charge is 2.41. The molecule has 24 heavy (non-hydrogen) atoms. The molecule has 0 saturated carbocycles. The van der Waals surface area contributed by atoms with Crippen molar-refractivity contribution in [3.8, 4) is 0 Å². The summed E-state index contributed by atoms with van der Waals surface area (Å²) >= 11 is 1.61. The quantitative estimate of drug-likeness (QED) is 0.834. The van der Waals surface area contributed by atoms with Crippen LogP contribution in [0.15, 0.2) is 11.7 Å². The summed E-state index contributed by atoms with van der Waals surface area (Å²) < 4.78 is 27.5. The maximum atomic E-state index is 13.2. The van der Waals surface area contributed by atoms with Gasteiger partial charge >= 0.3 is 0 Å². The predicted molar refractivity (Wildman–Crippen MR) is 88.6 cm³/mol. The highest BCUT2D eigenvalue weighted by molar-refractivity contribution is 7.18. The van der Waals surface area contributed by atoms with E-state index >= 15 is 0 Å². The molecular formula is C16H18F2N4OS. The SMILES string of the molecule is Cc1csc2c(N3CC(C(=O)N4CCC(F)(F)CC4)C3)ncnc12. The maximum Gasteiger partial charge on any atom is 0.251 e. The lowest BCUT2D eigenvalue weighted by Gasteiger charge is -2.42. The average molecular weight is 352 g/mol. The van der Waals surface area contributed by atoms with Gasteiger partial charge in [-0.1, -0.05) is 0 Å². The number of hydrogen-bond acceptors (Lipinski definition) is 5. The van der Waals surface area contributed by atoms with E-state index in [0.29, 0.717) is 13.1 Å². The molecule has 8 heteroatoms. The number of alkyl halides is 2. The molecule has 2 aliphatic rings. The average Bonchev–Trinajstić information content (AvgIpc) is 2.88. The van der Waals surface area contributed by atoms with Crippen LogP contribution in [0, 0.1) is 12.8 Å². The van der Waals surface area contributed by atoms with E-state index in [2.05, 4.69) is 20.2 Å². The number of thiophene rings is 1. The molecule has 0 aliphatic carbocycles. The first kappa shape index (κ1) is 15.7. The van der Waals surface area contributed by atoms with Crippen molar-refractivity contribution in [1.82, 2.24) is 14.9 Å². The number of hydrogen-bond donors (Lipinski definition) is 0. The summed E-state index contributed by atoms with van der Waals surface area (Å²) in [6, 6.07) is 0. The van der Waals surface area contributed by atoms with Gasteiger partial charge in [0, 0.05) is 39.0 Å². The fourth-order valence-electron chi connectivity index (χ4n) is 3.30. The van der Waals surface area contributed by atoms with Crippen molar-refractivity contribution < 1.29 is 13.6 Å². The van der Waals surface area contributed by atoms with Crippen LogP contribution in [-0.4, -0.2) is 52.9 Å². The Morgan fingerprint density at radius 3 is 2.71 bits per heavy atom. The smallest absolute Gasteiger partial charge is 0.251 e. The van der Waals surface area contributed by atoms with Gasteiger partial charge < -0.3 is 9.80 Å². The summed E-state index contributed by atoms with van der Waals surface area (Å²) in [6.07, 6.45) is 1.10. The minimum atomic E-state index is -2.62. The minimum absolute atomic E-state index is 0.00518. The molecule has 0 aromatic carbocycles. The first-order valence-corrected chi connectivity index (χ1v) is 8.93. The van der Waals surface area contributed by atoms with Crippen molar-refractivity contribution in [3.63, 3.8) is 0 Å². The monoisotopic (exact) mass is 352 g/mol. The second-order valence-corrected chi connectivity index (χ2v) is 7.46. The Morgan fingerprint density at radius 1 is 1.29 bits per heavy atom. The van der Waals surface area contributed by atoms with Crippen LogP contribution in [0.5, 0.6) is 0 Å². The lowest BCUT2D eigenvalue weighted by Crippen LogP contribution is -2.56. The van der Waals surface area contributed by atoms with E-state index < -0.39 is 5.92 Å². The summed E-state index contributed by atoms with van der Waals surface area (Å²) in [5.74, 6) is -1.88. The van der Waals surface area contributed by atoms with Gasteiger partial charge in [-0.3, -0.25) is 4.79 Å². The highest BCUT2D eigenvalue weighted by atomic mass is 32.1. The normalized spacial score (nSPS) is 21.1. The predicted octanol–water partition coefficient (Wildman–Crippen LogP) is 2.69. The molecule has 0 atom stereocenters. The second-order valence-electron chi connectivity index (χ2n) is 6.58. The number of aromatic nitrogens is 2. The summed E-state index contributed by atoms with van der Waals surface area (Å²) in [4.78, 5) is 24.8. The van der Waals surface area contributed by atoms with Gasteiger partial charge in [-0.2, -0.15) is 0 Å². The summed E-state index contributed by atoms with van der Waals surface area (Å²) in [5.41, 5.74) is 2.08. The first-order valence-electron chi connectivity index (χ1n) is 8.05. The third kappa shape index (κ3) is 2.62. The lowest BCUT2D eigenvalue weighted by molar-refractivity contribution is -0.142. The number of anilines is 1. The molecule has 2 saturated heterocycles. The number of carbonyl (C=O) groups is 1. The van der Waals surface area contributed by atoms with E-state index in [0.717, 1.165) is 21.6 Å². The Bertz CT molecular complexity index is 777. The molecule has 1 amide bonds. The highest BCUT2D eigenvalue weighted by Crippen LogP contribution is 2.35. The summed E-state index contributed by atoms with van der Waals surface area (Å²) in [7, 11) is 0. The largest absolute Gasteiger partial charge is 0.354 e. The number of piperidine rings is 1. The van der Waals surface area contributed by atoms with Crippen LogP contribution in [-0.2, 0) is 4.79 Å². The molecule has 0 unspecified atom stereocenters. The molecule has 4 rings (SSSR count). The van der Waals surface area contributed by atoms with Crippen molar-refractivity contribution in [2.24, 2.45) is 5.92 Å². The van der Waals surface area contributed by atoms with Gasteiger partial charge in [-0.05, 0) is 17.9 Å². The van der Waals surface area contributed by atoms with Crippen LogP contribution < -0.4 is 4.90 Å². The molecule has 128 valence electrons. The van der Waals surface area contributed by atoms with E-state index in [4.69, 9.17) is 0 Å². The van der Waals surface area contributed by atoms with Crippen LogP contribution in [0.25, 0.3) is 10.2 Å². The van der Waals surface area contributed by atoms with E-state index in [1.54, 1.807) is 22.6 Å². The molecule has 2 aliphatic heterocycles. The van der Waals surface area contributed by atoms with Crippen molar-refractivity contribution >= 4 is 33.3 Å². The fraction of sp³-hybridized carbons (Fsp3) is 0.562. The summed E-state index contributed by atoms with van der Waals surface area (Å²) in [6.45, 7) is 3.52. The number of carbonyl (C=O) groups excluding carboxylic acids is 1. The zero-order valence-electron chi connectivity index (χ0n) is 13.3. The topological polar surface area (TPSA) is 49.3 Å². The van der Waals surface area contributed by atoms with Crippen LogP contribution >= 0.6 is 11.3 Å². The van der Waals surface area contributed by atoms with Gasteiger partial charge in [0.1, 0.15) is 12.1 Å². The van der Waals surface area contributed by atoms with Crippen LogP contribution in [0.3, 0.4) is 0 Å². The fourth-order valence-corrected chi connectivity index (χ4v) is 4.32. The maximum absolute atomic E-state index is 13.2. The number of nitrogens with zero attached hydrogens (tertiary/aromatic N) is 4. The molecule has 2 aromatic rings. The number of likely N-dealkylation sites (tertiary alicyclic amines) is 1. The number of fused-ring (bicyclic) bond motifs is 1. The minimum Gasteiger partial charge on any atom is -0.354 e. The van der Waals surface area contributed by atoms with Gasteiger partial charge in [0.25, 0.3) is 5.92 Å². The summed E-state index contributed by atoms with van der Waals surface area (Å²) in [5, 5.41) is 2.05. The molecule has 0 N–H and O–H groups in total.